The Balaban J connectivity index is 1.98. The predicted octanol–water partition coefficient (Wildman–Crippen LogP) is 3.29. The SMILES string of the molecule is Cc1occc1SC(C)C(=O)Nc1cccc(N)c1. The Labute approximate surface area is 116 Å². The zero-order valence-corrected chi connectivity index (χ0v) is 11.7. The number of carbonyl (C=O) groups excluding carboxylic acids is 1. The van der Waals surface area contributed by atoms with Crippen LogP contribution in [-0.2, 0) is 4.79 Å². The fourth-order valence-corrected chi connectivity index (χ4v) is 2.49. The molecule has 1 amide bonds. The number of nitrogens with two attached hydrogens (primary N) is 1. The molecule has 4 nitrogen and oxygen atoms in total. The smallest absolute Gasteiger partial charge is 0.237 e. The highest BCUT2D eigenvalue weighted by Gasteiger charge is 2.16. The average molecular weight is 276 g/mol. The van der Waals surface area contributed by atoms with Crippen LogP contribution in [0.25, 0.3) is 0 Å². The van der Waals surface area contributed by atoms with Crippen molar-refractivity contribution in [3.63, 3.8) is 0 Å². The molecule has 2 rings (SSSR count). The lowest BCUT2D eigenvalue weighted by molar-refractivity contribution is -0.115. The Hall–Kier alpha value is -1.88. The van der Waals surface area contributed by atoms with Gasteiger partial charge in [-0.1, -0.05) is 6.07 Å². The molecule has 2 aromatic rings. The number of benzene rings is 1. The van der Waals surface area contributed by atoms with E-state index in [-0.39, 0.29) is 11.2 Å². The van der Waals surface area contributed by atoms with Gasteiger partial charge in [0.15, 0.2) is 0 Å². The van der Waals surface area contributed by atoms with Crippen molar-refractivity contribution in [3.05, 3.63) is 42.4 Å². The van der Waals surface area contributed by atoms with Crippen LogP contribution in [0, 0.1) is 6.92 Å². The molecule has 3 N–H and O–H groups in total. The summed E-state index contributed by atoms with van der Waals surface area (Å²) in [4.78, 5) is 13.0. The van der Waals surface area contributed by atoms with E-state index in [1.807, 2.05) is 32.0 Å². The maximum absolute atomic E-state index is 12.1. The Kier molecular flexibility index (Phi) is 4.16. The van der Waals surface area contributed by atoms with Gasteiger partial charge in [0, 0.05) is 16.3 Å². The minimum atomic E-state index is -0.210. The van der Waals surface area contributed by atoms with Gasteiger partial charge < -0.3 is 15.5 Å². The summed E-state index contributed by atoms with van der Waals surface area (Å²) in [5.74, 6) is 0.768. The molecule has 1 unspecified atom stereocenters. The molecule has 0 saturated heterocycles. The zero-order valence-electron chi connectivity index (χ0n) is 10.8. The van der Waals surface area contributed by atoms with E-state index in [1.165, 1.54) is 11.8 Å². The van der Waals surface area contributed by atoms with Crippen molar-refractivity contribution in [1.29, 1.82) is 0 Å². The third kappa shape index (κ3) is 3.54. The van der Waals surface area contributed by atoms with E-state index in [4.69, 9.17) is 10.2 Å². The number of furan rings is 1. The minimum absolute atomic E-state index is 0.0591. The fraction of sp³-hybridized carbons (Fsp3) is 0.214. The van der Waals surface area contributed by atoms with Crippen LogP contribution in [0.2, 0.25) is 0 Å². The highest BCUT2D eigenvalue weighted by atomic mass is 32.2. The highest BCUT2D eigenvalue weighted by molar-refractivity contribution is 8.00. The largest absolute Gasteiger partial charge is 0.468 e. The van der Waals surface area contributed by atoms with Gasteiger partial charge in [0.1, 0.15) is 5.76 Å². The molecule has 0 radical (unpaired) electrons. The third-order valence-corrected chi connectivity index (χ3v) is 3.88. The van der Waals surface area contributed by atoms with E-state index < -0.39 is 0 Å². The Morgan fingerprint density at radius 1 is 1.42 bits per heavy atom. The van der Waals surface area contributed by atoms with Gasteiger partial charge in [0.2, 0.25) is 5.91 Å². The van der Waals surface area contributed by atoms with E-state index >= 15 is 0 Å². The van der Waals surface area contributed by atoms with E-state index in [0.29, 0.717) is 11.4 Å². The topological polar surface area (TPSA) is 68.3 Å². The summed E-state index contributed by atoms with van der Waals surface area (Å²) < 4.78 is 5.21. The molecule has 0 aliphatic heterocycles. The summed E-state index contributed by atoms with van der Waals surface area (Å²) in [6.07, 6.45) is 1.63. The van der Waals surface area contributed by atoms with Gasteiger partial charge >= 0.3 is 0 Å². The maximum Gasteiger partial charge on any atom is 0.237 e. The van der Waals surface area contributed by atoms with Crippen molar-refractivity contribution < 1.29 is 9.21 Å². The van der Waals surface area contributed by atoms with Crippen LogP contribution in [-0.4, -0.2) is 11.2 Å². The van der Waals surface area contributed by atoms with Crippen LogP contribution >= 0.6 is 11.8 Å². The second kappa shape index (κ2) is 5.84. The normalized spacial score (nSPS) is 12.1. The van der Waals surface area contributed by atoms with Gasteiger partial charge in [-0.15, -0.1) is 11.8 Å². The predicted molar refractivity (Wildman–Crippen MR) is 78.2 cm³/mol. The van der Waals surface area contributed by atoms with Crippen LogP contribution in [0.1, 0.15) is 12.7 Å². The first-order valence-corrected chi connectivity index (χ1v) is 6.81. The highest BCUT2D eigenvalue weighted by Crippen LogP contribution is 2.28. The number of nitrogen functional groups attached to an aromatic ring is 1. The van der Waals surface area contributed by atoms with Crippen molar-refractivity contribution >= 4 is 29.0 Å². The Morgan fingerprint density at radius 2 is 2.21 bits per heavy atom. The molecule has 1 atom stereocenters. The molecule has 19 heavy (non-hydrogen) atoms. The van der Waals surface area contributed by atoms with Crippen LogP contribution < -0.4 is 11.1 Å². The van der Waals surface area contributed by atoms with Crippen LogP contribution in [0.4, 0.5) is 11.4 Å². The molecule has 0 aliphatic rings. The van der Waals surface area contributed by atoms with E-state index in [2.05, 4.69) is 5.32 Å². The summed E-state index contributed by atoms with van der Waals surface area (Å²) in [5.41, 5.74) is 7.01. The van der Waals surface area contributed by atoms with Gasteiger partial charge in [-0.3, -0.25) is 4.79 Å². The van der Waals surface area contributed by atoms with Gasteiger partial charge in [0.25, 0.3) is 0 Å². The summed E-state index contributed by atoms with van der Waals surface area (Å²) in [6, 6.07) is 9.00. The lowest BCUT2D eigenvalue weighted by atomic mass is 10.3. The summed E-state index contributed by atoms with van der Waals surface area (Å²) in [5, 5.41) is 2.63. The third-order valence-electron chi connectivity index (χ3n) is 2.64. The number of nitrogens with one attached hydrogen (secondary N) is 1. The lowest BCUT2D eigenvalue weighted by Crippen LogP contribution is -2.22. The summed E-state index contributed by atoms with van der Waals surface area (Å²) >= 11 is 1.47. The molecule has 0 fully saturated rings. The van der Waals surface area contributed by atoms with E-state index in [1.54, 1.807) is 18.4 Å². The van der Waals surface area contributed by atoms with E-state index in [0.717, 1.165) is 10.7 Å². The van der Waals surface area contributed by atoms with Crippen LogP contribution in [0.3, 0.4) is 0 Å². The molecule has 0 bridgehead atoms. The first kappa shape index (κ1) is 13.5. The number of hydrogen-bond acceptors (Lipinski definition) is 4. The lowest BCUT2D eigenvalue weighted by Gasteiger charge is -2.11. The zero-order chi connectivity index (χ0) is 13.8. The number of amides is 1. The van der Waals surface area contributed by atoms with Gasteiger partial charge in [-0.05, 0) is 38.1 Å². The molecule has 0 aliphatic carbocycles. The number of anilines is 2. The molecular weight excluding hydrogens is 260 g/mol. The molecule has 0 spiro atoms. The monoisotopic (exact) mass is 276 g/mol. The van der Waals surface area contributed by atoms with Gasteiger partial charge in [-0.2, -0.15) is 0 Å². The summed E-state index contributed by atoms with van der Waals surface area (Å²) in [7, 11) is 0. The maximum atomic E-state index is 12.1. The standard InChI is InChI=1S/C14H16N2O2S/c1-9-13(6-7-18-9)19-10(2)14(17)16-12-5-3-4-11(15)8-12/h3-8,10H,15H2,1-2H3,(H,16,17). The number of rotatable bonds is 4. The second-order valence-electron chi connectivity index (χ2n) is 4.22. The Morgan fingerprint density at radius 3 is 2.84 bits per heavy atom. The first-order valence-electron chi connectivity index (χ1n) is 5.93. The molecule has 1 aromatic heterocycles. The van der Waals surface area contributed by atoms with Crippen LogP contribution in [0.5, 0.6) is 0 Å². The molecule has 1 aromatic carbocycles. The molecule has 1 heterocycles. The van der Waals surface area contributed by atoms with Crippen molar-refractivity contribution in [3.8, 4) is 0 Å². The van der Waals surface area contributed by atoms with E-state index in [9.17, 15) is 4.79 Å². The Bertz CT molecular complexity index is 580. The van der Waals surface area contributed by atoms with Crippen molar-refractivity contribution in [2.24, 2.45) is 0 Å². The quantitative estimate of drug-likeness (QED) is 0.664. The molecule has 100 valence electrons. The van der Waals surface area contributed by atoms with Crippen molar-refractivity contribution in [1.82, 2.24) is 0 Å². The molecular formula is C14H16N2O2S. The van der Waals surface area contributed by atoms with Crippen LogP contribution in [0.15, 0.2) is 45.9 Å². The fourth-order valence-electron chi connectivity index (χ4n) is 1.60. The first-order chi connectivity index (χ1) is 9.06. The van der Waals surface area contributed by atoms with Crippen molar-refractivity contribution in [2.75, 3.05) is 11.1 Å². The van der Waals surface area contributed by atoms with Gasteiger partial charge in [-0.25, -0.2) is 0 Å². The number of thioether (sulfide) groups is 1. The number of aryl methyl sites for hydroxylation is 1. The number of hydrogen-bond donors (Lipinski definition) is 2. The van der Waals surface area contributed by atoms with Crippen molar-refractivity contribution in [2.45, 2.75) is 24.0 Å². The molecule has 5 heteroatoms. The minimum Gasteiger partial charge on any atom is -0.468 e. The van der Waals surface area contributed by atoms with Gasteiger partial charge in [0.05, 0.1) is 11.5 Å². The number of carbonyl (C=O) groups is 1. The molecule has 0 saturated carbocycles. The second-order valence-corrected chi connectivity index (χ2v) is 5.60. The average Bonchev–Trinajstić information content (AvgIpc) is 2.75. The summed E-state index contributed by atoms with van der Waals surface area (Å²) in [6.45, 7) is 3.74.